The van der Waals surface area contributed by atoms with Crippen molar-refractivity contribution >= 4 is 38.4 Å². The fourth-order valence-electron chi connectivity index (χ4n) is 1.51. The first-order valence-electron chi connectivity index (χ1n) is 6.10. The molecule has 1 rings (SSSR count). The molecule has 0 fully saturated rings. The molecule has 1 atom stereocenters. The molecule has 0 saturated heterocycles. The number of carbonyl (C=O) groups excluding carboxylic acids is 1. The highest BCUT2D eigenvalue weighted by Crippen LogP contribution is 2.23. The van der Waals surface area contributed by atoms with Gasteiger partial charge in [-0.3, -0.25) is 9.59 Å². The number of aliphatic carboxylic acids is 1. The van der Waals surface area contributed by atoms with Crippen LogP contribution in [-0.2, 0) is 19.6 Å². The van der Waals surface area contributed by atoms with Gasteiger partial charge in [0.2, 0.25) is 5.91 Å². The Bertz CT molecular complexity index is 624. The van der Waals surface area contributed by atoms with Gasteiger partial charge in [0, 0.05) is 6.92 Å². The van der Waals surface area contributed by atoms with Crippen molar-refractivity contribution in [3.8, 4) is 0 Å². The average molecular weight is 335 g/mol. The van der Waals surface area contributed by atoms with Gasteiger partial charge in [0.25, 0.3) is 10.0 Å². The third-order valence-electron chi connectivity index (χ3n) is 2.33. The van der Waals surface area contributed by atoms with Crippen LogP contribution in [0.5, 0.6) is 0 Å². The fraction of sp³-hybridized carbons (Fsp3) is 0.545. The summed E-state index contributed by atoms with van der Waals surface area (Å²) in [5.41, 5.74) is 0. The second-order valence-electron chi connectivity index (χ2n) is 4.81. The molecule has 0 spiro atoms. The van der Waals surface area contributed by atoms with Gasteiger partial charge in [-0.15, -0.1) is 0 Å². The smallest absolute Gasteiger partial charge is 0.321 e. The number of nitrogens with one attached hydrogen (secondary N) is 2. The molecule has 0 saturated carbocycles. The average Bonchev–Trinajstić information content (AvgIpc) is 2.75. The summed E-state index contributed by atoms with van der Waals surface area (Å²) in [7, 11) is -3.99. The van der Waals surface area contributed by atoms with Gasteiger partial charge < -0.3 is 10.4 Å². The molecule has 0 aromatic carbocycles. The van der Waals surface area contributed by atoms with E-state index < -0.39 is 22.0 Å². The number of carboxylic acid groups (broad SMARTS) is 1. The molecule has 0 radical (unpaired) electrons. The zero-order valence-corrected chi connectivity index (χ0v) is 13.4. The number of nitrogens with zero attached hydrogens (tertiary/aromatic N) is 1. The Morgan fingerprint density at radius 1 is 1.43 bits per heavy atom. The summed E-state index contributed by atoms with van der Waals surface area (Å²) in [4.78, 5) is 25.7. The summed E-state index contributed by atoms with van der Waals surface area (Å²) in [5, 5.41) is 11.6. The summed E-state index contributed by atoms with van der Waals surface area (Å²) in [6.45, 7) is 4.87. The Hall–Kier alpha value is -1.52. The molecule has 118 valence electrons. The molecule has 1 aromatic heterocycles. The summed E-state index contributed by atoms with van der Waals surface area (Å²) < 4.78 is 26.2. The third-order valence-corrected chi connectivity index (χ3v) is 5.18. The van der Waals surface area contributed by atoms with Crippen molar-refractivity contribution < 1.29 is 23.1 Å². The number of amides is 1. The molecule has 1 amide bonds. The minimum Gasteiger partial charge on any atom is -0.480 e. The predicted octanol–water partition coefficient (Wildman–Crippen LogP) is 0.879. The number of aromatic nitrogens is 1. The van der Waals surface area contributed by atoms with Crippen LogP contribution in [0, 0.1) is 5.92 Å². The Morgan fingerprint density at radius 2 is 2.05 bits per heavy atom. The molecular weight excluding hydrogens is 318 g/mol. The maximum atomic E-state index is 12.1. The van der Waals surface area contributed by atoms with Gasteiger partial charge in [0.1, 0.15) is 6.04 Å². The Kier molecular flexibility index (Phi) is 5.81. The Labute approximate surface area is 126 Å². The van der Waals surface area contributed by atoms with Crippen LogP contribution in [0.3, 0.4) is 0 Å². The SMILES string of the molecule is CC(=O)Nc1ncc(S(=O)(=O)NC(CC(C)C)C(=O)O)s1. The first-order valence-corrected chi connectivity index (χ1v) is 8.40. The van der Waals surface area contributed by atoms with Gasteiger partial charge >= 0.3 is 5.97 Å². The van der Waals surface area contributed by atoms with Crippen LogP contribution in [0.1, 0.15) is 27.2 Å². The van der Waals surface area contributed by atoms with E-state index in [2.05, 4.69) is 15.0 Å². The van der Waals surface area contributed by atoms with Crippen molar-refractivity contribution in [3.05, 3.63) is 6.20 Å². The lowest BCUT2D eigenvalue weighted by Crippen LogP contribution is -2.41. The topological polar surface area (TPSA) is 125 Å². The number of anilines is 1. The van der Waals surface area contributed by atoms with Gasteiger partial charge in [-0.2, -0.15) is 4.72 Å². The van der Waals surface area contributed by atoms with Crippen molar-refractivity contribution in [2.24, 2.45) is 5.92 Å². The van der Waals surface area contributed by atoms with Crippen molar-refractivity contribution in [2.45, 2.75) is 37.4 Å². The molecule has 21 heavy (non-hydrogen) atoms. The van der Waals surface area contributed by atoms with Gasteiger partial charge in [0.05, 0.1) is 6.20 Å². The molecule has 0 aliphatic heterocycles. The van der Waals surface area contributed by atoms with Crippen LogP contribution in [-0.4, -0.2) is 36.4 Å². The summed E-state index contributed by atoms with van der Waals surface area (Å²) in [6.07, 6.45) is 1.25. The summed E-state index contributed by atoms with van der Waals surface area (Å²) in [5.74, 6) is -1.59. The van der Waals surface area contributed by atoms with Crippen LogP contribution in [0.15, 0.2) is 10.4 Å². The maximum absolute atomic E-state index is 12.1. The number of hydrogen-bond acceptors (Lipinski definition) is 6. The molecule has 1 unspecified atom stereocenters. The van der Waals surface area contributed by atoms with Gasteiger partial charge in [-0.05, 0) is 12.3 Å². The number of thiazole rings is 1. The highest BCUT2D eigenvalue weighted by molar-refractivity contribution is 7.91. The van der Waals surface area contributed by atoms with Crippen molar-refractivity contribution in [1.29, 1.82) is 0 Å². The molecule has 0 aliphatic carbocycles. The molecular formula is C11H17N3O5S2. The molecule has 1 heterocycles. The second kappa shape index (κ2) is 6.96. The fourth-order valence-corrected chi connectivity index (χ4v) is 3.80. The molecule has 0 bridgehead atoms. The van der Waals surface area contributed by atoms with E-state index in [0.717, 1.165) is 17.5 Å². The normalized spacial score (nSPS) is 13.1. The molecule has 1 aromatic rings. The lowest BCUT2D eigenvalue weighted by Gasteiger charge is -2.15. The molecule has 0 aliphatic rings. The summed E-state index contributed by atoms with van der Waals surface area (Å²) >= 11 is 0.754. The zero-order chi connectivity index (χ0) is 16.2. The van der Waals surface area contributed by atoms with Crippen LogP contribution in [0.4, 0.5) is 5.13 Å². The van der Waals surface area contributed by atoms with Crippen LogP contribution < -0.4 is 10.0 Å². The standard InChI is InChI=1S/C11H17N3O5S2/c1-6(2)4-8(10(16)17)14-21(18,19)9-5-12-11(20-9)13-7(3)15/h5-6,8,14H,4H2,1-3H3,(H,16,17)(H,12,13,15). The van der Waals surface area contributed by atoms with E-state index in [-0.39, 0.29) is 27.6 Å². The lowest BCUT2D eigenvalue weighted by atomic mass is 10.1. The monoisotopic (exact) mass is 335 g/mol. The first kappa shape index (κ1) is 17.5. The minimum absolute atomic E-state index is 0.0187. The van der Waals surface area contributed by atoms with E-state index >= 15 is 0 Å². The van der Waals surface area contributed by atoms with Crippen molar-refractivity contribution in [2.75, 3.05) is 5.32 Å². The number of carboxylic acids is 1. The highest BCUT2D eigenvalue weighted by atomic mass is 32.2. The quantitative estimate of drug-likeness (QED) is 0.679. The van der Waals surface area contributed by atoms with E-state index in [0.29, 0.717) is 0 Å². The number of carbonyl (C=O) groups is 2. The summed E-state index contributed by atoms with van der Waals surface area (Å²) in [6, 6.07) is -1.21. The number of rotatable bonds is 7. The van der Waals surface area contributed by atoms with Gasteiger partial charge in [-0.1, -0.05) is 25.2 Å². The second-order valence-corrected chi connectivity index (χ2v) is 7.78. The molecule has 3 N–H and O–H groups in total. The molecule has 8 nitrogen and oxygen atoms in total. The van der Waals surface area contributed by atoms with Crippen molar-refractivity contribution in [1.82, 2.24) is 9.71 Å². The van der Waals surface area contributed by atoms with E-state index in [1.54, 1.807) is 13.8 Å². The van der Waals surface area contributed by atoms with Crippen LogP contribution in [0.2, 0.25) is 0 Å². The first-order chi connectivity index (χ1) is 9.61. The Morgan fingerprint density at radius 3 is 2.52 bits per heavy atom. The highest BCUT2D eigenvalue weighted by Gasteiger charge is 2.27. The zero-order valence-electron chi connectivity index (χ0n) is 11.8. The Balaban J connectivity index is 2.91. The number of sulfonamides is 1. The minimum atomic E-state index is -3.99. The van der Waals surface area contributed by atoms with E-state index in [1.165, 1.54) is 6.92 Å². The third kappa shape index (κ3) is 5.40. The van der Waals surface area contributed by atoms with Crippen LogP contribution in [0.25, 0.3) is 0 Å². The largest absolute Gasteiger partial charge is 0.480 e. The van der Waals surface area contributed by atoms with Crippen molar-refractivity contribution in [3.63, 3.8) is 0 Å². The van der Waals surface area contributed by atoms with Gasteiger partial charge in [0.15, 0.2) is 9.34 Å². The van der Waals surface area contributed by atoms with E-state index in [9.17, 15) is 18.0 Å². The van der Waals surface area contributed by atoms with E-state index in [4.69, 9.17) is 5.11 Å². The predicted molar refractivity (Wildman–Crippen MR) is 77.6 cm³/mol. The van der Waals surface area contributed by atoms with Gasteiger partial charge in [-0.25, -0.2) is 13.4 Å². The molecule has 10 heteroatoms. The lowest BCUT2D eigenvalue weighted by molar-refractivity contribution is -0.139. The number of hydrogen-bond donors (Lipinski definition) is 3. The van der Waals surface area contributed by atoms with Crippen LogP contribution >= 0.6 is 11.3 Å². The maximum Gasteiger partial charge on any atom is 0.321 e. The van der Waals surface area contributed by atoms with E-state index in [1.807, 2.05) is 0 Å².